The third-order valence-electron chi connectivity index (χ3n) is 3.21. The van der Waals surface area contributed by atoms with Crippen molar-refractivity contribution in [1.82, 2.24) is 20.0 Å². The number of hydrogen-bond acceptors (Lipinski definition) is 6. The molecule has 3 rings (SSSR count). The molecule has 0 aliphatic carbocycles. The summed E-state index contributed by atoms with van der Waals surface area (Å²) in [6, 6.07) is 7.87. The normalized spacial score (nSPS) is 10.6. The monoisotopic (exact) mass is 314 g/mol. The minimum Gasteiger partial charge on any atom is -0.487 e. The summed E-state index contributed by atoms with van der Waals surface area (Å²) in [6.45, 7) is 2.30. The van der Waals surface area contributed by atoms with E-state index in [9.17, 15) is 4.79 Å². The van der Waals surface area contributed by atoms with Gasteiger partial charge in [-0.05, 0) is 24.1 Å². The molecule has 3 aromatic rings. The molecule has 0 atom stereocenters. The highest BCUT2D eigenvalue weighted by atomic mass is 32.1. The molecule has 0 unspecified atom stereocenters. The van der Waals surface area contributed by atoms with Gasteiger partial charge in [-0.1, -0.05) is 24.3 Å². The predicted molar refractivity (Wildman–Crippen MR) is 82.6 cm³/mol. The van der Waals surface area contributed by atoms with E-state index >= 15 is 0 Å². The first-order valence-electron chi connectivity index (χ1n) is 6.83. The van der Waals surface area contributed by atoms with Crippen LogP contribution in [-0.2, 0) is 13.0 Å². The van der Waals surface area contributed by atoms with Gasteiger partial charge in [-0.15, -0.1) is 16.4 Å². The summed E-state index contributed by atoms with van der Waals surface area (Å²) < 4.78 is 7.28. The number of aldehydes is 1. The molecule has 1 aromatic carbocycles. The number of carbonyl (C=O) groups excluding carboxylic acids is 1. The quantitative estimate of drug-likeness (QED) is 0.654. The van der Waals surface area contributed by atoms with Crippen LogP contribution in [0, 0.1) is 0 Å². The third-order valence-corrected chi connectivity index (χ3v) is 3.96. The molecule has 0 radical (unpaired) electrons. The molecule has 0 bridgehead atoms. The van der Waals surface area contributed by atoms with Gasteiger partial charge in [0, 0.05) is 11.6 Å². The number of nitrogens with zero attached hydrogens (tertiary/aromatic N) is 4. The molecule has 0 aliphatic rings. The van der Waals surface area contributed by atoms with Crippen LogP contribution < -0.4 is 4.74 Å². The fraction of sp³-hybridized carbons (Fsp3) is 0.200. The average Bonchev–Trinajstić information content (AvgIpc) is 3.22. The molecule has 7 heteroatoms. The minimum absolute atomic E-state index is 0.201. The summed E-state index contributed by atoms with van der Waals surface area (Å²) in [7, 11) is 0. The summed E-state index contributed by atoms with van der Waals surface area (Å²) in [5, 5.41) is 10.3. The number of benzene rings is 1. The molecule has 0 fully saturated rings. The van der Waals surface area contributed by atoms with Gasteiger partial charge >= 0.3 is 0 Å². The largest absolute Gasteiger partial charge is 0.487 e. The highest BCUT2D eigenvalue weighted by molar-refractivity contribution is 7.12. The molecule has 22 heavy (non-hydrogen) atoms. The first-order valence-corrected chi connectivity index (χ1v) is 7.71. The Hall–Kier alpha value is -2.54. The van der Waals surface area contributed by atoms with Crippen LogP contribution in [-0.4, -0.2) is 26.3 Å². The summed E-state index contributed by atoms with van der Waals surface area (Å²) in [6.07, 6.45) is 3.34. The zero-order valence-corrected chi connectivity index (χ0v) is 12.8. The van der Waals surface area contributed by atoms with Crippen molar-refractivity contribution in [2.45, 2.75) is 20.0 Å². The van der Waals surface area contributed by atoms with E-state index in [0.29, 0.717) is 17.1 Å². The van der Waals surface area contributed by atoms with Crippen molar-refractivity contribution in [2.75, 3.05) is 0 Å². The fourth-order valence-corrected chi connectivity index (χ4v) is 2.60. The van der Waals surface area contributed by atoms with Crippen LogP contribution in [0.1, 0.15) is 28.7 Å². The lowest BCUT2D eigenvalue weighted by atomic mass is 10.2. The van der Waals surface area contributed by atoms with Crippen molar-refractivity contribution in [1.29, 1.82) is 0 Å². The van der Waals surface area contributed by atoms with Gasteiger partial charge in [-0.25, -0.2) is 4.98 Å². The predicted octanol–water partition coefficient (Wildman–Crippen LogP) is 2.68. The maximum Gasteiger partial charge on any atom is 0.212 e. The second-order valence-electron chi connectivity index (χ2n) is 4.55. The number of thiazole rings is 1. The van der Waals surface area contributed by atoms with Crippen molar-refractivity contribution in [2.24, 2.45) is 0 Å². The molecule has 6 nitrogen and oxygen atoms in total. The van der Waals surface area contributed by atoms with Gasteiger partial charge in [0.25, 0.3) is 0 Å². The van der Waals surface area contributed by atoms with E-state index in [2.05, 4.69) is 22.2 Å². The van der Waals surface area contributed by atoms with Gasteiger partial charge in [-0.3, -0.25) is 4.79 Å². The number of rotatable bonds is 6. The van der Waals surface area contributed by atoms with E-state index in [0.717, 1.165) is 12.2 Å². The maximum atomic E-state index is 11.1. The van der Waals surface area contributed by atoms with E-state index in [1.54, 1.807) is 6.20 Å². The zero-order chi connectivity index (χ0) is 15.4. The summed E-state index contributed by atoms with van der Waals surface area (Å²) in [5.41, 5.74) is 2.10. The smallest absolute Gasteiger partial charge is 0.212 e. The lowest BCUT2D eigenvalue weighted by Gasteiger charge is -2.08. The Morgan fingerprint density at radius 2 is 2.14 bits per heavy atom. The highest BCUT2D eigenvalue weighted by Crippen LogP contribution is 2.18. The third kappa shape index (κ3) is 2.89. The Bertz CT molecular complexity index is 750. The summed E-state index contributed by atoms with van der Waals surface area (Å²) in [5.74, 6) is 0.737. The Labute approximate surface area is 131 Å². The van der Waals surface area contributed by atoms with Gasteiger partial charge in [0.2, 0.25) is 5.13 Å². The van der Waals surface area contributed by atoms with Crippen LogP contribution in [0.5, 0.6) is 5.75 Å². The molecular formula is C15H14N4O2S. The maximum absolute atomic E-state index is 11.1. The Balaban J connectivity index is 1.81. The second-order valence-corrected chi connectivity index (χ2v) is 5.42. The van der Waals surface area contributed by atoms with E-state index in [-0.39, 0.29) is 12.3 Å². The first-order chi connectivity index (χ1) is 10.8. The lowest BCUT2D eigenvalue weighted by Crippen LogP contribution is -2.07. The molecule has 0 saturated heterocycles. The van der Waals surface area contributed by atoms with E-state index in [1.165, 1.54) is 21.6 Å². The van der Waals surface area contributed by atoms with E-state index in [4.69, 9.17) is 4.74 Å². The van der Waals surface area contributed by atoms with Crippen molar-refractivity contribution in [3.05, 3.63) is 52.8 Å². The molecule has 0 spiro atoms. The highest BCUT2D eigenvalue weighted by Gasteiger charge is 2.16. The molecule has 2 aromatic heterocycles. The fourth-order valence-electron chi connectivity index (χ4n) is 1.99. The Morgan fingerprint density at radius 1 is 1.32 bits per heavy atom. The summed E-state index contributed by atoms with van der Waals surface area (Å²) >= 11 is 1.42. The average molecular weight is 314 g/mol. The van der Waals surface area contributed by atoms with Crippen molar-refractivity contribution < 1.29 is 9.53 Å². The van der Waals surface area contributed by atoms with Gasteiger partial charge in [0.05, 0.1) is 0 Å². The Morgan fingerprint density at radius 3 is 2.77 bits per heavy atom. The van der Waals surface area contributed by atoms with Crippen LogP contribution in [0.25, 0.3) is 5.13 Å². The number of carbonyl (C=O) groups is 1. The van der Waals surface area contributed by atoms with Crippen LogP contribution >= 0.6 is 11.3 Å². The topological polar surface area (TPSA) is 69.9 Å². The van der Waals surface area contributed by atoms with Gasteiger partial charge in [0.15, 0.2) is 12.0 Å². The van der Waals surface area contributed by atoms with E-state index < -0.39 is 0 Å². The molecular weight excluding hydrogens is 300 g/mol. The lowest BCUT2D eigenvalue weighted by molar-refractivity contribution is 0.111. The molecule has 2 heterocycles. The van der Waals surface area contributed by atoms with Crippen molar-refractivity contribution in [3.8, 4) is 10.9 Å². The van der Waals surface area contributed by atoms with Gasteiger partial charge in [-0.2, -0.15) is 4.68 Å². The van der Waals surface area contributed by atoms with Crippen LogP contribution in [0.4, 0.5) is 0 Å². The molecule has 0 N–H and O–H groups in total. The molecule has 0 saturated carbocycles. The first kappa shape index (κ1) is 14.4. The van der Waals surface area contributed by atoms with Gasteiger partial charge < -0.3 is 4.74 Å². The molecule has 112 valence electrons. The summed E-state index contributed by atoms with van der Waals surface area (Å²) in [4.78, 5) is 15.3. The Kier molecular flexibility index (Phi) is 4.24. The molecule has 0 amide bonds. The van der Waals surface area contributed by atoms with Crippen molar-refractivity contribution in [3.63, 3.8) is 0 Å². The van der Waals surface area contributed by atoms with Crippen LogP contribution in [0.3, 0.4) is 0 Å². The second kappa shape index (κ2) is 6.48. The standard InChI is InChI=1S/C15H14N4O2S/c1-2-11-3-5-12(6-4-11)21-10-14-13(9-20)17-18-19(14)15-16-7-8-22-15/h3-9H,2,10H2,1H3. The zero-order valence-electron chi connectivity index (χ0n) is 12.0. The molecule has 0 aliphatic heterocycles. The van der Waals surface area contributed by atoms with Gasteiger partial charge in [0.1, 0.15) is 18.1 Å². The number of aromatic nitrogens is 4. The minimum atomic E-state index is 0.201. The van der Waals surface area contributed by atoms with Crippen LogP contribution in [0.2, 0.25) is 0 Å². The van der Waals surface area contributed by atoms with Crippen LogP contribution in [0.15, 0.2) is 35.8 Å². The SMILES string of the molecule is CCc1ccc(OCc2c(C=O)nnn2-c2nccs2)cc1. The number of aryl methyl sites for hydroxylation is 1. The van der Waals surface area contributed by atoms with Crippen molar-refractivity contribution >= 4 is 17.6 Å². The number of hydrogen-bond donors (Lipinski definition) is 0. The van der Waals surface area contributed by atoms with E-state index in [1.807, 2.05) is 29.6 Å². The number of ether oxygens (including phenoxy) is 1.